The number of thioether (sulfide) groups is 1. The monoisotopic (exact) mass is 457 g/mol. The highest BCUT2D eigenvalue weighted by Crippen LogP contribution is 2.33. The Morgan fingerprint density at radius 1 is 1.42 bits per heavy atom. The van der Waals surface area contributed by atoms with Gasteiger partial charge in [0.25, 0.3) is 11.1 Å². The predicted octanol–water partition coefficient (Wildman–Crippen LogP) is 3.38. The fourth-order valence-electron chi connectivity index (χ4n) is 2.05. The van der Waals surface area contributed by atoms with Gasteiger partial charge in [0.2, 0.25) is 0 Å². The third-order valence-corrected chi connectivity index (χ3v) is 4.92. The Morgan fingerprint density at radius 3 is 2.88 bits per heavy atom. The summed E-state index contributed by atoms with van der Waals surface area (Å²) in [5.41, 5.74) is 0.829. The maximum absolute atomic E-state index is 12.3. The van der Waals surface area contributed by atoms with Gasteiger partial charge < -0.3 is 9.47 Å². The second kappa shape index (κ2) is 9.11. The van der Waals surface area contributed by atoms with Crippen LogP contribution in [0.4, 0.5) is 4.79 Å². The summed E-state index contributed by atoms with van der Waals surface area (Å²) >= 11 is 3.10. The third kappa shape index (κ3) is 4.75. The minimum Gasteiger partial charge on any atom is -0.480 e. The van der Waals surface area contributed by atoms with Gasteiger partial charge >= 0.3 is 0 Å². The van der Waals surface area contributed by atoms with Gasteiger partial charge in [0.15, 0.2) is 0 Å². The van der Waals surface area contributed by atoms with E-state index in [2.05, 4.69) is 28.5 Å². The number of terminal acetylenes is 1. The standard InChI is InChI=1S/C17H16INO4S/c1-3-8-23-14-6-5-12(10-13(14)18)11-15-16(20)19(17(21)24-15)7-4-9-22-2/h1,5-6,10-11H,4,7-9H2,2H3/b15-11+. The summed E-state index contributed by atoms with van der Waals surface area (Å²) in [6, 6.07) is 5.51. The Balaban J connectivity index is 2.11. The Hall–Kier alpha value is -1.50. The molecule has 7 heteroatoms. The Bertz CT molecular complexity index is 711. The zero-order valence-corrected chi connectivity index (χ0v) is 16.1. The average molecular weight is 457 g/mol. The van der Waals surface area contributed by atoms with Gasteiger partial charge in [0.1, 0.15) is 12.4 Å². The van der Waals surface area contributed by atoms with Crippen LogP contribution in [0.3, 0.4) is 0 Å². The number of rotatable bonds is 7. The molecule has 1 aromatic rings. The number of amides is 2. The lowest BCUT2D eigenvalue weighted by Crippen LogP contribution is -2.29. The fourth-order valence-corrected chi connectivity index (χ4v) is 3.61. The van der Waals surface area contributed by atoms with Crippen LogP contribution in [0.2, 0.25) is 0 Å². The molecule has 1 saturated heterocycles. The Kier molecular flexibility index (Phi) is 7.15. The molecule has 0 spiro atoms. The van der Waals surface area contributed by atoms with Crippen molar-refractivity contribution in [3.63, 3.8) is 0 Å². The van der Waals surface area contributed by atoms with Gasteiger partial charge in [-0.2, -0.15) is 0 Å². The highest BCUT2D eigenvalue weighted by molar-refractivity contribution is 14.1. The molecule has 1 aliphatic rings. The summed E-state index contributed by atoms with van der Waals surface area (Å²) in [5.74, 6) is 2.85. The summed E-state index contributed by atoms with van der Waals surface area (Å²) in [5, 5.41) is -0.244. The predicted molar refractivity (Wildman–Crippen MR) is 103 cm³/mol. The molecule has 126 valence electrons. The minimum atomic E-state index is -0.260. The lowest BCUT2D eigenvalue weighted by Gasteiger charge is -2.11. The minimum absolute atomic E-state index is 0.204. The molecule has 0 atom stereocenters. The van der Waals surface area contributed by atoms with E-state index in [-0.39, 0.29) is 17.8 Å². The van der Waals surface area contributed by atoms with Crippen molar-refractivity contribution < 1.29 is 19.1 Å². The van der Waals surface area contributed by atoms with E-state index in [9.17, 15) is 9.59 Å². The largest absolute Gasteiger partial charge is 0.480 e. The highest BCUT2D eigenvalue weighted by Gasteiger charge is 2.34. The van der Waals surface area contributed by atoms with Crippen LogP contribution in [-0.2, 0) is 9.53 Å². The van der Waals surface area contributed by atoms with Crippen molar-refractivity contribution in [2.75, 3.05) is 26.9 Å². The van der Waals surface area contributed by atoms with E-state index in [1.165, 1.54) is 4.90 Å². The maximum atomic E-state index is 12.3. The number of imide groups is 1. The van der Waals surface area contributed by atoms with Gasteiger partial charge in [-0.05, 0) is 64.5 Å². The number of benzene rings is 1. The van der Waals surface area contributed by atoms with E-state index in [1.54, 1.807) is 19.3 Å². The van der Waals surface area contributed by atoms with Crippen molar-refractivity contribution in [1.82, 2.24) is 4.90 Å². The van der Waals surface area contributed by atoms with Crippen LogP contribution in [0.15, 0.2) is 23.1 Å². The number of halogens is 1. The van der Waals surface area contributed by atoms with Gasteiger partial charge in [-0.3, -0.25) is 14.5 Å². The first-order valence-electron chi connectivity index (χ1n) is 7.17. The summed E-state index contributed by atoms with van der Waals surface area (Å²) < 4.78 is 11.2. The van der Waals surface area contributed by atoms with Gasteiger partial charge in [0, 0.05) is 20.3 Å². The molecule has 1 heterocycles. The van der Waals surface area contributed by atoms with Crippen LogP contribution in [-0.4, -0.2) is 42.9 Å². The number of hydrogen-bond donors (Lipinski definition) is 0. The summed E-state index contributed by atoms with van der Waals surface area (Å²) in [7, 11) is 1.59. The van der Waals surface area contributed by atoms with Crippen molar-refractivity contribution in [1.29, 1.82) is 0 Å². The summed E-state index contributed by atoms with van der Waals surface area (Å²) in [4.78, 5) is 26.0. The first kappa shape index (κ1) is 18.8. The molecule has 2 rings (SSSR count). The molecule has 0 aromatic heterocycles. The van der Waals surface area contributed by atoms with Crippen LogP contribution in [0.1, 0.15) is 12.0 Å². The average Bonchev–Trinajstić information content (AvgIpc) is 2.82. The zero-order chi connectivity index (χ0) is 17.5. The smallest absolute Gasteiger partial charge is 0.293 e. The van der Waals surface area contributed by atoms with E-state index < -0.39 is 0 Å². The number of carbonyl (C=O) groups excluding carboxylic acids is 2. The van der Waals surface area contributed by atoms with Crippen molar-refractivity contribution in [3.05, 3.63) is 32.2 Å². The molecule has 2 amide bonds. The lowest BCUT2D eigenvalue weighted by molar-refractivity contribution is -0.122. The molecule has 1 aromatic carbocycles. The zero-order valence-electron chi connectivity index (χ0n) is 13.1. The van der Waals surface area contributed by atoms with Crippen LogP contribution in [0, 0.1) is 15.9 Å². The first-order chi connectivity index (χ1) is 11.6. The van der Waals surface area contributed by atoms with Gasteiger partial charge in [0.05, 0.1) is 8.48 Å². The number of carbonyl (C=O) groups is 2. The highest BCUT2D eigenvalue weighted by atomic mass is 127. The third-order valence-electron chi connectivity index (χ3n) is 3.17. The van der Waals surface area contributed by atoms with Crippen molar-refractivity contribution in [3.8, 4) is 18.1 Å². The fraction of sp³-hybridized carbons (Fsp3) is 0.294. The Labute approximate surface area is 158 Å². The van der Waals surface area contributed by atoms with Crippen LogP contribution in [0.25, 0.3) is 6.08 Å². The maximum Gasteiger partial charge on any atom is 0.293 e. The molecule has 0 saturated carbocycles. The Morgan fingerprint density at radius 2 is 2.21 bits per heavy atom. The van der Waals surface area contributed by atoms with E-state index in [0.29, 0.717) is 30.2 Å². The molecule has 0 N–H and O–H groups in total. The van der Waals surface area contributed by atoms with Crippen LogP contribution in [0.5, 0.6) is 5.75 Å². The van der Waals surface area contributed by atoms with Crippen LogP contribution >= 0.6 is 34.4 Å². The summed E-state index contributed by atoms with van der Waals surface area (Å²) in [6.07, 6.45) is 7.52. The van der Waals surface area contributed by atoms with Gasteiger partial charge in [-0.25, -0.2) is 0 Å². The molecule has 0 radical (unpaired) electrons. The van der Waals surface area contributed by atoms with Crippen molar-refractivity contribution in [2.45, 2.75) is 6.42 Å². The molecular weight excluding hydrogens is 441 g/mol. The van der Waals surface area contributed by atoms with Gasteiger partial charge in [-0.1, -0.05) is 12.0 Å². The molecule has 0 bridgehead atoms. The second-order valence-corrected chi connectivity index (χ2v) is 7.02. The molecule has 0 unspecified atom stereocenters. The molecule has 0 aliphatic carbocycles. The van der Waals surface area contributed by atoms with Crippen LogP contribution < -0.4 is 4.74 Å². The quantitative estimate of drug-likeness (QED) is 0.272. The van der Waals surface area contributed by atoms with E-state index in [0.717, 1.165) is 20.9 Å². The lowest BCUT2D eigenvalue weighted by atomic mass is 10.2. The first-order valence-corrected chi connectivity index (χ1v) is 9.06. The molecular formula is C17H16INO4S. The molecule has 1 fully saturated rings. The SMILES string of the molecule is C#CCOc1ccc(/C=C2/SC(=O)N(CCCOC)C2=O)cc1I. The van der Waals surface area contributed by atoms with E-state index in [1.807, 2.05) is 12.1 Å². The van der Waals surface area contributed by atoms with Crippen molar-refractivity contribution in [2.24, 2.45) is 0 Å². The number of methoxy groups -OCH3 is 1. The second-order valence-electron chi connectivity index (χ2n) is 4.86. The number of hydrogen-bond acceptors (Lipinski definition) is 5. The molecule has 5 nitrogen and oxygen atoms in total. The molecule has 24 heavy (non-hydrogen) atoms. The van der Waals surface area contributed by atoms with E-state index in [4.69, 9.17) is 15.9 Å². The molecule has 1 aliphatic heterocycles. The van der Waals surface area contributed by atoms with Gasteiger partial charge in [-0.15, -0.1) is 6.42 Å². The number of nitrogens with zero attached hydrogens (tertiary/aromatic N) is 1. The summed E-state index contributed by atoms with van der Waals surface area (Å²) in [6.45, 7) is 1.08. The number of ether oxygens (including phenoxy) is 2. The normalized spacial score (nSPS) is 15.9. The topological polar surface area (TPSA) is 55.8 Å². The van der Waals surface area contributed by atoms with Crippen molar-refractivity contribution >= 4 is 51.6 Å². The van der Waals surface area contributed by atoms with E-state index >= 15 is 0 Å².